The van der Waals surface area contributed by atoms with E-state index in [1.807, 2.05) is 33.2 Å². The molecule has 0 amide bonds. The third kappa shape index (κ3) is 2.33. The van der Waals surface area contributed by atoms with Crippen molar-refractivity contribution in [1.82, 2.24) is 10.3 Å². The molecule has 0 fully saturated rings. The lowest BCUT2D eigenvalue weighted by molar-refractivity contribution is 0.303. The highest BCUT2D eigenvalue weighted by Gasteiger charge is 2.27. The van der Waals surface area contributed by atoms with Gasteiger partial charge in [-0.3, -0.25) is 10.4 Å². The van der Waals surface area contributed by atoms with Crippen LogP contribution in [0.25, 0.3) is 0 Å². The monoisotopic (exact) mass is 289 g/mol. The Morgan fingerprint density at radius 2 is 1.86 bits per heavy atom. The number of hydroxylamine groups is 1. The summed E-state index contributed by atoms with van der Waals surface area (Å²) in [6.45, 7) is 2.26. The molecule has 1 aliphatic heterocycles. The van der Waals surface area contributed by atoms with E-state index >= 15 is 0 Å². The maximum Gasteiger partial charge on any atom is 0.206 e. The summed E-state index contributed by atoms with van der Waals surface area (Å²) in [6, 6.07) is 4.07. The smallest absolute Gasteiger partial charge is 0.206 e. The highest BCUT2D eigenvalue weighted by Crippen LogP contribution is 2.38. The Kier molecular flexibility index (Phi) is 3.48. The van der Waals surface area contributed by atoms with E-state index in [-0.39, 0.29) is 5.96 Å². The van der Waals surface area contributed by atoms with Crippen molar-refractivity contribution in [1.29, 1.82) is 0 Å². The first kappa shape index (κ1) is 14.1. The van der Waals surface area contributed by atoms with Gasteiger partial charge in [-0.25, -0.2) is 0 Å². The summed E-state index contributed by atoms with van der Waals surface area (Å²) in [6.07, 6.45) is 1.80. The van der Waals surface area contributed by atoms with Crippen LogP contribution in [0.2, 0.25) is 0 Å². The Bertz CT molecular complexity index is 587. The van der Waals surface area contributed by atoms with E-state index in [0.717, 1.165) is 24.0 Å². The van der Waals surface area contributed by atoms with Gasteiger partial charge in [-0.1, -0.05) is 0 Å². The van der Waals surface area contributed by atoms with E-state index < -0.39 is 0 Å². The highest BCUT2D eigenvalue weighted by molar-refractivity contribution is 6.04. The van der Waals surface area contributed by atoms with Gasteiger partial charge < -0.3 is 25.5 Å². The van der Waals surface area contributed by atoms with E-state index in [0.29, 0.717) is 34.2 Å². The van der Waals surface area contributed by atoms with E-state index in [9.17, 15) is 10.4 Å². The van der Waals surface area contributed by atoms with Crippen LogP contribution < -0.4 is 15.7 Å². The fourth-order valence-electron chi connectivity index (χ4n) is 2.87. The van der Waals surface area contributed by atoms with Crippen LogP contribution in [0.1, 0.15) is 18.1 Å². The molecule has 0 saturated heterocycles. The van der Waals surface area contributed by atoms with Crippen molar-refractivity contribution in [3.63, 3.8) is 0 Å². The summed E-state index contributed by atoms with van der Waals surface area (Å²) >= 11 is 0. The van der Waals surface area contributed by atoms with Crippen LogP contribution in [0.15, 0.2) is 17.1 Å². The summed E-state index contributed by atoms with van der Waals surface area (Å²) in [5, 5.41) is 25.7. The van der Waals surface area contributed by atoms with Gasteiger partial charge in [0, 0.05) is 12.6 Å². The number of fused-ring (bicyclic) bond motifs is 2. The molecule has 0 spiro atoms. The molecule has 1 N–H and O–H groups in total. The molecule has 1 atom stereocenters. The molecule has 21 heavy (non-hydrogen) atoms. The van der Waals surface area contributed by atoms with Crippen LogP contribution in [0, 0.1) is 10.4 Å². The summed E-state index contributed by atoms with van der Waals surface area (Å²) in [5.74, 6) is 0.0436. The molecule has 1 aromatic rings. The number of hydrazine groups is 1. The van der Waals surface area contributed by atoms with Crippen molar-refractivity contribution in [2.24, 2.45) is 4.99 Å². The van der Waals surface area contributed by atoms with Crippen molar-refractivity contribution >= 4 is 17.3 Å². The fourth-order valence-corrected chi connectivity index (χ4v) is 2.87. The molecule has 2 aliphatic rings. The molecule has 1 aromatic carbocycles. The Labute approximate surface area is 124 Å². The largest absolute Gasteiger partial charge is 0.752 e. The molecule has 114 valence electrons. The summed E-state index contributed by atoms with van der Waals surface area (Å²) in [4.78, 5) is 6.19. The molecule has 0 saturated carbocycles. The average molecular weight is 289 g/mol. The van der Waals surface area contributed by atoms with Crippen molar-refractivity contribution in [2.75, 3.05) is 30.9 Å². The van der Waals surface area contributed by atoms with Crippen LogP contribution in [0.3, 0.4) is 0 Å². The van der Waals surface area contributed by atoms with Crippen molar-refractivity contribution in [3.05, 3.63) is 33.7 Å². The predicted octanol–water partition coefficient (Wildman–Crippen LogP) is 1.22. The lowest BCUT2D eigenvalue weighted by Crippen LogP contribution is -2.50. The number of nitrogens with zero attached hydrogens (tertiary/aromatic N) is 4. The molecule has 0 bridgehead atoms. The zero-order valence-electron chi connectivity index (χ0n) is 12.5. The van der Waals surface area contributed by atoms with Gasteiger partial charge in [0.25, 0.3) is 0 Å². The molecule has 1 heterocycles. The number of nitrogens with one attached hydrogen (secondary N) is 1. The zero-order chi connectivity index (χ0) is 15.1. The number of anilines is 2. The second kappa shape index (κ2) is 5.18. The molecular formula is C14H19N5O2-2. The van der Waals surface area contributed by atoms with Crippen molar-refractivity contribution < 1.29 is 0 Å². The van der Waals surface area contributed by atoms with Gasteiger partial charge in [-0.2, -0.15) is 0 Å². The van der Waals surface area contributed by atoms with E-state index in [1.54, 1.807) is 0 Å². The summed E-state index contributed by atoms with van der Waals surface area (Å²) in [7, 11) is 4.09. The predicted molar refractivity (Wildman–Crippen MR) is 84.1 cm³/mol. The molecule has 1 aliphatic carbocycles. The van der Waals surface area contributed by atoms with E-state index in [4.69, 9.17) is 0 Å². The SMILES string of the molecule is CCN=C1NN([O-])c2cc3c(cc2N1[O-])CC(N(C)C)C3. The number of hydrogen-bond donors (Lipinski definition) is 1. The minimum atomic E-state index is 0.0436. The van der Waals surface area contributed by atoms with Crippen molar-refractivity contribution in [2.45, 2.75) is 25.8 Å². The summed E-state index contributed by atoms with van der Waals surface area (Å²) < 4.78 is 0. The quantitative estimate of drug-likeness (QED) is 0.881. The van der Waals surface area contributed by atoms with Crippen LogP contribution in [0.4, 0.5) is 11.4 Å². The van der Waals surface area contributed by atoms with Gasteiger partial charge in [0.05, 0.1) is 11.4 Å². The molecular weight excluding hydrogens is 270 g/mol. The molecule has 1 unspecified atom stereocenters. The lowest BCUT2D eigenvalue weighted by Gasteiger charge is -2.46. The normalized spacial score (nSPS) is 22.6. The van der Waals surface area contributed by atoms with Gasteiger partial charge in [-0.15, -0.1) is 0 Å². The van der Waals surface area contributed by atoms with Gasteiger partial charge in [0.2, 0.25) is 5.96 Å². The maximum atomic E-state index is 12.3. The molecule has 3 rings (SSSR count). The minimum absolute atomic E-state index is 0.0436. The molecule has 0 aromatic heterocycles. The van der Waals surface area contributed by atoms with Gasteiger partial charge in [-0.05, 0) is 57.1 Å². The zero-order valence-corrected chi connectivity index (χ0v) is 12.5. The lowest BCUT2D eigenvalue weighted by atomic mass is 10.1. The Morgan fingerprint density at radius 3 is 2.43 bits per heavy atom. The highest BCUT2D eigenvalue weighted by atomic mass is 16.6. The third-order valence-corrected chi connectivity index (χ3v) is 4.08. The summed E-state index contributed by atoms with van der Waals surface area (Å²) in [5.41, 5.74) is 5.48. The fraction of sp³-hybridized carbons (Fsp3) is 0.500. The first-order chi connectivity index (χ1) is 10.0. The third-order valence-electron chi connectivity index (χ3n) is 4.08. The second-order valence-electron chi connectivity index (χ2n) is 5.63. The molecule has 7 heteroatoms. The van der Waals surface area contributed by atoms with Crippen molar-refractivity contribution in [3.8, 4) is 0 Å². The first-order valence-corrected chi connectivity index (χ1v) is 7.09. The van der Waals surface area contributed by atoms with Gasteiger partial charge >= 0.3 is 0 Å². The molecule has 7 nitrogen and oxygen atoms in total. The van der Waals surface area contributed by atoms with Crippen LogP contribution in [-0.2, 0) is 12.8 Å². The Morgan fingerprint density at radius 1 is 1.24 bits per heavy atom. The maximum absolute atomic E-state index is 12.3. The number of likely N-dealkylation sites (N-methyl/N-ethyl adjacent to an activating group) is 1. The Balaban J connectivity index is 2.00. The van der Waals surface area contributed by atoms with Gasteiger partial charge in [0.1, 0.15) is 0 Å². The average Bonchev–Trinajstić information content (AvgIpc) is 2.86. The van der Waals surface area contributed by atoms with Crippen LogP contribution in [-0.4, -0.2) is 37.5 Å². The van der Waals surface area contributed by atoms with Crippen LogP contribution in [0.5, 0.6) is 0 Å². The standard InChI is InChI=1S/C14H19N5O2/c1-4-15-14-16-19(21)13-8-10-6-11(17(2)3)5-9(10)7-12(13)18(14)20/h7-8,11H,4-6H2,1-3H3,(H,15,16)/q-2. The van der Waals surface area contributed by atoms with E-state index in [2.05, 4.69) is 15.3 Å². The van der Waals surface area contributed by atoms with E-state index in [1.165, 1.54) is 0 Å². The number of aliphatic imine (C=N–C) groups is 1. The first-order valence-electron chi connectivity index (χ1n) is 7.09. The minimum Gasteiger partial charge on any atom is -0.752 e. The Hall–Kier alpha value is -1.83. The van der Waals surface area contributed by atoms with Crippen LogP contribution >= 0.6 is 0 Å². The second-order valence-corrected chi connectivity index (χ2v) is 5.63. The number of hydrogen-bond acceptors (Lipinski definition) is 5. The number of benzene rings is 1. The topological polar surface area (TPSA) is 80.2 Å². The van der Waals surface area contributed by atoms with Gasteiger partial charge in [0.15, 0.2) is 0 Å². The number of rotatable bonds is 2. The number of guanidine groups is 1. The molecule has 0 radical (unpaired) electrons.